The first-order valence-electron chi connectivity index (χ1n) is 4.44. The van der Waals surface area contributed by atoms with Crippen molar-refractivity contribution < 1.29 is 9.90 Å². The number of nitrogens with one attached hydrogen (secondary N) is 1. The summed E-state index contributed by atoms with van der Waals surface area (Å²) in [6, 6.07) is -0.206. The minimum absolute atomic E-state index is 0.0596. The summed E-state index contributed by atoms with van der Waals surface area (Å²) in [5, 5.41) is 11.5. The quantitative estimate of drug-likeness (QED) is 0.707. The third-order valence-electron chi connectivity index (χ3n) is 1.87. The zero-order chi connectivity index (χ0) is 10.4. The monoisotopic (exact) mass is 195 g/mol. The van der Waals surface area contributed by atoms with Crippen molar-refractivity contribution in [2.75, 3.05) is 6.61 Å². The fraction of sp³-hybridized carbons (Fsp3) is 0.444. The third kappa shape index (κ3) is 2.77. The maximum absolute atomic E-state index is 11.5. The molecule has 0 saturated carbocycles. The normalized spacial score (nSPS) is 12.1. The minimum Gasteiger partial charge on any atom is -0.394 e. The van der Waals surface area contributed by atoms with Crippen LogP contribution in [0.5, 0.6) is 0 Å². The fourth-order valence-electron chi connectivity index (χ4n) is 0.962. The van der Waals surface area contributed by atoms with E-state index in [1.54, 1.807) is 0 Å². The van der Waals surface area contributed by atoms with Gasteiger partial charge in [0.2, 0.25) is 0 Å². The largest absolute Gasteiger partial charge is 0.394 e. The fourth-order valence-corrected chi connectivity index (χ4v) is 0.962. The summed E-state index contributed by atoms with van der Waals surface area (Å²) in [5.74, 6) is -0.258. The lowest BCUT2D eigenvalue weighted by atomic mass is 10.2. The zero-order valence-electron chi connectivity index (χ0n) is 7.97. The molecule has 1 heterocycles. The van der Waals surface area contributed by atoms with E-state index in [1.165, 1.54) is 18.7 Å². The van der Waals surface area contributed by atoms with E-state index in [0.29, 0.717) is 12.0 Å². The summed E-state index contributed by atoms with van der Waals surface area (Å²) in [5.41, 5.74) is 0.402. The average molecular weight is 195 g/mol. The van der Waals surface area contributed by atoms with Gasteiger partial charge in [0.25, 0.3) is 5.91 Å². The number of amides is 1. The van der Waals surface area contributed by atoms with Gasteiger partial charge in [0.05, 0.1) is 18.2 Å². The predicted molar refractivity (Wildman–Crippen MR) is 50.7 cm³/mol. The van der Waals surface area contributed by atoms with Crippen LogP contribution in [0.15, 0.2) is 18.7 Å². The molecule has 0 radical (unpaired) electrons. The molecule has 0 bridgehead atoms. The van der Waals surface area contributed by atoms with Crippen molar-refractivity contribution in [3.63, 3.8) is 0 Å². The molecule has 1 amide bonds. The lowest BCUT2D eigenvalue weighted by Crippen LogP contribution is -2.36. The molecule has 0 saturated heterocycles. The van der Waals surface area contributed by atoms with Crippen LogP contribution in [0, 0.1) is 0 Å². The summed E-state index contributed by atoms with van der Waals surface area (Å²) in [6.45, 7) is 1.83. The van der Waals surface area contributed by atoms with E-state index in [1.807, 2.05) is 6.92 Å². The molecule has 1 rings (SSSR count). The summed E-state index contributed by atoms with van der Waals surface area (Å²) < 4.78 is 0. The molecular weight excluding hydrogens is 182 g/mol. The van der Waals surface area contributed by atoms with Gasteiger partial charge in [-0.05, 0) is 6.42 Å². The van der Waals surface area contributed by atoms with E-state index >= 15 is 0 Å². The summed E-state index contributed by atoms with van der Waals surface area (Å²) in [7, 11) is 0. The van der Waals surface area contributed by atoms with Crippen LogP contribution in [0.4, 0.5) is 0 Å². The molecular formula is C9H13N3O2. The Bertz CT molecular complexity index is 285. The Balaban J connectivity index is 2.59. The number of aromatic nitrogens is 2. The molecule has 1 atom stereocenters. The van der Waals surface area contributed by atoms with Crippen LogP contribution in [0.25, 0.3) is 0 Å². The van der Waals surface area contributed by atoms with Gasteiger partial charge >= 0.3 is 0 Å². The minimum atomic E-state index is -0.258. The van der Waals surface area contributed by atoms with Gasteiger partial charge in [0, 0.05) is 12.4 Å². The Hall–Kier alpha value is -1.49. The molecule has 0 aliphatic carbocycles. The van der Waals surface area contributed by atoms with Crippen LogP contribution in [-0.4, -0.2) is 33.6 Å². The van der Waals surface area contributed by atoms with E-state index in [9.17, 15) is 4.79 Å². The topological polar surface area (TPSA) is 75.1 Å². The van der Waals surface area contributed by atoms with Crippen LogP contribution in [0.2, 0.25) is 0 Å². The molecule has 0 aliphatic rings. The van der Waals surface area contributed by atoms with E-state index < -0.39 is 0 Å². The van der Waals surface area contributed by atoms with Crippen molar-refractivity contribution in [1.82, 2.24) is 15.3 Å². The molecule has 0 fully saturated rings. The molecule has 2 N–H and O–H groups in total. The highest BCUT2D eigenvalue weighted by Crippen LogP contribution is 1.96. The van der Waals surface area contributed by atoms with Crippen LogP contribution in [0.1, 0.15) is 23.7 Å². The van der Waals surface area contributed by atoms with Crippen molar-refractivity contribution in [3.05, 3.63) is 24.3 Å². The number of hydrogen-bond donors (Lipinski definition) is 2. The van der Waals surface area contributed by atoms with Crippen molar-refractivity contribution in [3.8, 4) is 0 Å². The van der Waals surface area contributed by atoms with Gasteiger partial charge in [0.1, 0.15) is 6.33 Å². The van der Waals surface area contributed by atoms with Gasteiger partial charge in [-0.15, -0.1) is 0 Å². The van der Waals surface area contributed by atoms with Gasteiger partial charge in [-0.25, -0.2) is 9.97 Å². The first kappa shape index (κ1) is 10.6. The highest BCUT2D eigenvalue weighted by Gasteiger charge is 2.10. The molecule has 0 aliphatic heterocycles. The molecule has 1 aromatic rings. The zero-order valence-corrected chi connectivity index (χ0v) is 7.97. The van der Waals surface area contributed by atoms with Crippen LogP contribution >= 0.6 is 0 Å². The molecule has 14 heavy (non-hydrogen) atoms. The van der Waals surface area contributed by atoms with Crippen molar-refractivity contribution >= 4 is 5.91 Å². The standard InChI is InChI=1S/C9H13N3O2/c1-2-8(5-13)12-9(14)7-3-10-6-11-4-7/h3-4,6,8,13H,2,5H2,1H3,(H,12,14)/t8-/m1/s1. The van der Waals surface area contributed by atoms with Crippen LogP contribution in [-0.2, 0) is 0 Å². The molecule has 0 unspecified atom stereocenters. The summed E-state index contributed by atoms with van der Waals surface area (Å²) in [4.78, 5) is 18.9. The van der Waals surface area contributed by atoms with E-state index in [4.69, 9.17) is 5.11 Å². The number of aliphatic hydroxyl groups is 1. The first-order valence-corrected chi connectivity index (χ1v) is 4.44. The van der Waals surface area contributed by atoms with Crippen LogP contribution < -0.4 is 5.32 Å². The average Bonchev–Trinajstić information content (AvgIpc) is 2.26. The highest BCUT2D eigenvalue weighted by molar-refractivity contribution is 5.93. The molecule has 0 aromatic carbocycles. The van der Waals surface area contributed by atoms with Gasteiger partial charge in [-0.3, -0.25) is 4.79 Å². The molecule has 1 aromatic heterocycles. The molecule has 5 heteroatoms. The number of rotatable bonds is 4. The Kier molecular flexibility index (Phi) is 4.00. The summed E-state index contributed by atoms with van der Waals surface area (Å²) >= 11 is 0. The second-order valence-corrected chi connectivity index (χ2v) is 2.89. The number of carbonyl (C=O) groups is 1. The van der Waals surface area contributed by atoms with Gasteiger partial charge in [-0.1, -0.05) is 6.92 Å². The number of aliphatic hydroxyl groups excluding tert-OH is 1. The Morgan fingerprint density at radius 1 is 1.57 bits per heavy atom. The van der Waals surface area contributed by atoms with Crippen molar-refractivity contribution in [2.24, 2.45) is 0 Å². The smallest absolute Gasteiger partial charge is 0.254 e. The van der Waals surface area contributed by atoms with Gasteiger partial charge in [-0.2, -0.15) is 0 Å². The van der Waals surface area contributed by atoms with Gasteiger partial charge in [0.15, 0.2) is 0 Å². The SMILES string of the molecule is CC[C@H](CO)NC(=O)c1cncnc1. The maximum atomic E-state index is 11.5. The lowest BCUT2D eigenvalue weighted by molar-refractivity contribution is 0.0914. The number of carbonyl (C=O) groups excluding carboxylic acids is 1. The Labute approximate surface area is 82.2 Å². The van der Waals surface area contributed by atoms with Crippen molar-refractivity contribution in [1.29, 1.82) is 0 Å². The summed E-state index contributed by atoms with van der Waals surface area (Å²) in [6.07, 6.45) is 4.93. The molecule has 0 spiro atoms. The van der Waals surface area contributed by atoms with Crippen molar-refractivity contribution in [2.45, 2.75) is 19.4 Å². The predicted octanol–water partition coefficient (Wildman–Crippen LogP) is -0.0227. The number of nitrogens with zero attached hydrogens (tertiary/aromatic N) is 2. The molecule has 76 valence electrons. The van der Waals surface area contributed by atoms with Crippen LogP contribution in [0.3, 0.4) is 0 Å². The number of hydrogen-bond acceptors (Lipinski definition) is 4. The van der Waals surface area contributed by atoms with E-state index in [2.05, 4.69) is 15.3 Å². The van der Waals surface area contributed by atoms with E-state index in [-0.39, 0.29) is 18.6 Å². The second kappa shape index (κ2) is 5.29. The third-order valence-corrected chi connectivity index (χ3v) is 1.87. The van der Waals surface area contributed by atoms with Gasteiger partial charge < -0.3 is 10.4 Å². The second-order valence-electron chi connectivity index (χ2n) is 2.89. The van der Waals surface area contributed by atoms with E-state index in [0.717, 1.165) is 0 Å². The first-order chi connectivity index (χ1) is 6.77. The Morgan fingerprint density at radius 2 is 2.21 bits per heavy atom. The Morgan fingerprint density at radius 3 is 2.71 bits per heavy atom. The lowest BCUT2D eigenvalue weighted by Gasteiger charge is -2.13. The highest BCUT2D eigenvalue weighted by atomic mass is 16.3. The molecule has 5 nitrogen and oxygen atoms in total. The maximum Gasteiger partial charge on any atom is 0.254 e.